The van der Waals surface area contributed by atoms with Crippen LogP contribution in [-0.4, -0.2) is 11.9 Å². The Morgan fingerprint density at radius 3 is 1.92 bits per heavy atom. The number of hydrogen-bond donors (Lipinski definition) is 2. The summed E-state index contributed by atoms with van der Waals surface area (Å²) in [5, 5.41) is 0. The van der Waals surface area contributed by atoms with Crippen LogP contribution in [0.4, 0.5) is 0 Å². The third-order valence-electron chi connectivity index (χ3n) is 1.49. The van der Waals surface area contributed by atoms with Crippen LogP contribution in [0.3, 0.4) is 0 Å². The summed E-state index contributed by atoms with van der Waals surface area (Å²) in [5.41, 5.74) is 9.63. The van der Waals surface area contributed by atoms with Gasteiger partial charge in [0.25, 0.3) is 0 Å². The predicted molar refractivity (Wildman–Crippen MR) is 53.4 cm³/mol. The average Bonchev–Trinajstić information content (AvgIpc) is 2.05. The van der Waals surface area contributed by atoms with Gasteiger partial charge in [-0.1, -0.05) is 17.8 Å². The maximum absolute atomic E-state index is 9.80. The minimum atomic E-state index is -0.509. The molecule has 0 fully saturated rings. The molecule has 0 aromatic heterocycles. The van der Waals surface area contributed by atoms with Crippen LogP contribution >= 0.6 is 11.8 Å². The van der Waals surface area contributed by atoms with Crippen molar-refractivity contribution in [3.8, 4) is 0 Å². The summed E-state index contributed by atoms with van der Waals surface area (Å²) < 4.78 is 0. The van der Waals surface area contributed by atoms with Gasteiger partial charge in [0.15, 0.2) is 0 Å². The molecular formula is C9H12N2OS. The van der Waals surface area contributed by atoms with E-state index in [-0.39, 0.29) is 0 Å². The minimum absolute atomic E-state index is 0.463. The molecular weight excluding hydrogens is 184 g/mol. The van der Waals surface area contributed by atoms with Crippen LogP contribution in [0.25, 0.3) is 0 Å². The van der Waals surface area contributed by atoms with E-state index in [1.54, 1.807) is 6.92 Å². The average molecular weight is 196 g/mol. The van der Waals surface area contributed by atoms with Crippen LogP contribution in [0.2, 0.25) is 0 Å². The summed E-state index contributed by atoms with van der Waals surface area (Å²) in [7, 11) is 0. The van der Waals surface area contributed by atoms with Gasteiger partial charge < -0.3 is 11.5 Å². The molecule has 3 nitrogen and oxygen atoms in total. The highest BCUT2D eigenvalue weighted by atomic mass is 32.2. The molecule has 0 saturated carbocycles. The Hall–Kier alpha value is -1.00. The number of hydrogen-bond acceptors (Lipinski definition) is 3. The zero-order valence-electron chi connectivity index (χ0n) is 7.36. The van der Waals surface area contributed by atoms with Crippen molar-refractivity contribution in [2.24, 2.45) is 11.5 Å². The Balaban J connectivity index is 0.000000133. The van der Waals surface area contributed by atoms with Crippen molar-refractivity contribution >= 4 is 17.7 Å². The Labute approximate surface area is 81.5 Å². The molecule has 2 bridgehead atoms. The molecule has 70 valence electrons. The second-order valence-corrected chi connectivity index (χ2v) is 3.91. The number of nitrogens with two attached hydrogens (primary N) is 2. The number of fused-ring (bicyclic) bond motifs is 2. The van der Waals surface area contributed by atoms with Crippen LogP contribution in [-0.2, 0) is 4.79 Å². The molecule has 3 rings (SSSR count). The molecule has 1 aromatic carbocycles. The zero-order valence-corrected chi connectivity index (χ0v) is 8.17. The van der Waals surface area contributed by atoms with Gasteiger partial charge in [0.1, 0.15) is 0 Å². The van der Waals surface area contributed by atoms with Crippen LogP contribution in [0, 0.1) is 0 Å². The maximum Gasteiger partial charge on any atom is 0.234 e. The molecule has 0 spiro atoms. The van der Waals surface area contributed by atoms with E-state index in [4.69, 9.17) is 5.73 Å². The standard InChI is InChI=1S/C6H4S.C3H8N2O/c1-2-5-4-6(3-1)7-5;1-2(4)3(5)6/h1-4H;2H,4H2,1H3,(H2,5,6). The molecule has 0 saturated heterocycles. The van der Waals surface area contributed by atoms with Crippen LogP contribution in [0.15, 0.2) is 34.1 Å². The third-order valence-corrected chi connectivity index (χ3v) is 2.47. The van der Waals surface area contributed by atoms with E-state index < -0.39 is 11.9 Å². The SMILES string of the molecule is CC(N)C(N)=O.c1cc2cc(c1)S2. The van der Waals surface area contributed by atoms with Crippen molar-refractivity contribution < 1.29 is 4.79 Å². The van der Waals surface area contributed by atoms with E-state index >= 15 is 0 Å². The number of carbonyl (C=O) groups is 1. The summed E-state index contributed by atoms with van der Waals surface area (Å²) in [6.07, 6.45) is 0. The second-order valence-electron chi connectivity index (χ2n) is 2.77. The first-order valence-corrected chi connectivity index (χ1v) is 4.74. The van der Waals surface area contributed by atoms with E-state index in [1.807, 2.05) is 11.8 Å². The predicted octanol–water partition coefficient (Wildman–Crippen LogP) is 0.970. The second kappa shape index (κ2) is 4.30. The molecule has 0 aliphatic carbocycles. The lowest BCUT2D eigenvalue weighted by atomic mass is 10.3. The first-order chi connectivity index (χ1) is 6.09. The smallest absolute Gasteiger partial charge is 0.234 e. The highest BCUT2D eigenvalue weighted by Gasteiger charge is 2.05. The Bertz CT molecular complexity index is 287. The number of primary amides is 1. The summed E-state index contributed by atoms with van der Waals surface area (Å²) in [6.45, 7) is 1.54. The van der Waals surface area contributed by atoms with Crippen LogP contribution in [0.1, 0.15) is 6.92 Å². The largest absolute Gasteiger partial charge is 0.368 e. The van der Waals surface area contributed by atoms with Gasteiger partial charge in [0.2, 0.25) is 5.91 Å². The molecule has 2 aliphatic heterocycles. The van der Waals surface area contributed by atoms with E-state index in [9.17, 15) is 4.79 Å². The van der Waals surface area contributed by atoms with E-state index in [1.165, 1.54) is 9.79 Å². The van der Waals surface area contributed by atoms with Gasteiger partial charge in [-0.15, -0.1) is 0 Å². The molecule has 0 radical (unpaired) electrons. The Morgan fingerprint density at radius 1 is 1.46 bits per heavy atom. The first-order valence-electron chi connectivity index (χ1n) is 3.92. The normalized spacial score (nSPS) is 13.4. The molecule has 1 atom stereocenters. The number of rotatable bonds is 1. The Morgan fingerprint density at radius 2 is 1.85 bits per heavy atom. The number of benzene rings is 1. The molecule has 1 aromatic rings. The van der Waals surface area contributed by atoms with E-state index in [2.05, 4.69) is 30.0 Å². The molecule has 4 heteroatoms. The molecule has 4 N–H and O–H groups in total. The van der Waals surface area contributed by atoms with Gasteiger partial charge in [-0.3, -0.25) is 4.79 Å². The van der Waals surface area contributed by atoms with Crippen LogP contribution in [0.5, 0.6) is 0 Å². The fraction of sp³-hybridized carbons (Fsp3) is 0.222. The van der Waals surface area contributed by atoms with Crippen molar-refractivity contribution in [3.63, 3.8) is 0 Å². The Kier molecular flexibility index (Phi) is 3.33. The van der Waals surface area contributed by atoms with Crippen molar-refractivity contribution in [2.75, 3.05) is 0 Å². The van der Waals surface area contributed by atoms with Gasteiger partial charge >= 0.3 is 0 Å². The molecule has 13 heavy (non-hydrogen) atoms. The van der Waals surface area contributed by atoms with E-state index in [0.29, 0.717) is 0 Å². The van der Waals surface area contributed by atoms with Crippen molar-refractivity contribution in [1.29, 1.82) is 0 Å². The van der Waals surface area contributed by atoms with Crippen molar-refractivity contribution in [3.05, 3.63) is 24.3 Å². The van der Waals surface area contributed by atoms with Gasteiger partial charge in [-0.2, -0.15) is 0 Å². The summed E-state index contributed by atoms with van der Waals surface area (Å²) in [5.74, 6) is -0.463. The minimum Gasteiger partial charge on any atom is -0.368 e. The molecule has 2 heterocycles. The van der Waals surface area contributed by atoms with Crippen LogP contribution < -0.4 is 11.5 Å². The lowest BCUT2D eigenvalue weighted by Crippen LogP contribution is -2.32. The van der Waals surface area contributed by atoms with Crippen molar-refractivity contribution in [2.45, 2.75) is 22.8 Å². The molecule has 2 aliphatic rings. The topological polar surface area (TPSA) is 69.1 Å². The van der Waals surface area contributed by atoms with Crippen molar-refractivity contribution in [1.82, 2.24) is 0 Å². The molecule has 1 unspecified atom stereocenters. The summed E-state index contributed by atoms with van der Waals surface area (Å²) >= 11 is 1.85. The zero-order chi connectivity index (χ0) is 9.84. The lowest BCUT2D eigenvalue weighted by molar-refractivity contribution is -0.118. The van der Waals surface area contributed by atoms with E-state index in [0.717, 1.165) is 0 Å². The number of carbonyl (C=O) groups excluding carboxylic acids is 1. The highest BCUT2D eigenvalue weighted by molar-refractivity contribution is 8.00. The molecule has 1 amide bonds. The van der Waals surface area contributed by atoms with Gasteiger partial charge in [-0.25, -0.2) is 0 Å². The first kappa shape index (κ1) is 10.1. The van der Waals surface area contributed by atoms with Gasteiger partial charge in [-0.05, 0) is 25.1 Å². The highest BCUT2D eigenvalue weighted by Crippen LogP contribution is 2.37. The fourth-order valence-electron chi connectivity index (χ4n) is 0.679. The maximum atomic E-state index is 9.80. The lowest BCUT2D eigenvalue weighted by Gasteiger charge is -2.10. The summed E-state index contributed by atoms with van der Waals surface area (Å²) in [4.78, 5) is 12.6. The summed E-state index contributed by atoms with van der Waals surface area (Å²) in [6, 6.07) is 8.01. The number of amides is 1. The third kappa shape index (κ3) is 3.08. The monoisotopic (exact) mass is 196 g/mol. The van der Waals surface area contributed by atoms with Gasteiger partial charge in [0, 0.05) is 9.79 Å². The quantitative estimate of drug-likeness (QED) is 0.714. The fourth-order valence-corrected chi connectivity index (χ4v) is 1.43. The van der Waals surface area contributed by atoms with Gasteiger partial charge in [0.05, 0.1) is 6.04 Å².